The fourth-order valence-electron chi connectivity index (χ4n) is 2.87. The van der Waals surface area contributed by atoms with E-state index in [0.29, 0.717) is 26.2 Å². The highest BCUT2D eigenvalue weighted by molar-refractivity contribution is 5.78. The van der Waals surface area contributed by atoms with Gasteiger partial charge in [-0.15, -0.1) is 0 Å². The van der Waals surface area contributed by atoms with E-state index in [0.717, 1.165) is 32.3 Å². The number of amides is 1. The second-order valence-electron chi connectivity index (χ2n) is 5.44. The normalized spacial score (nSPS) is 26.1. The lowest BCUT2D eigenvalue weighted by Gasteiger charge is -2.23. The van der Waals surface area contributed by atoms with Gasteiger partial charge in [-0.3, -0.25) is 9.59 Å². The second kappa shape index (κ2) is 7.59. The van der Waals surface area contributed by atoms with Crippen molar-refractivity contribution in [3.63, 3.8) is 0 Å². The van der Waals surface area contributed by atoms with E-state index in [1.165, 1.54) is 0 Å². The Morgan fingerprint density at radius 1 is 1.30 bits per heavy atom. The second-order valence-corrected chi connectivity index (χ2v) is 5.44. The number of hydrogen-bond acceptors (Lipinski definition) is 4. The third-order valence-electron chi connectivity index (χ3n) is 3.90. The van der Waals surface area contributed by atoms with Crippen LogP contribution in [0.3, 0.4) is 0 Å². The molecule has 6 heteroatoms. The number of hydrogen-bond donors (Lipinski definition) is 1. The van der Waals surface area contributed by atoms with Gasteiger partial charge in [0.05, 0.1) is 32.2 Å². The van der Waals surface area contributed by atoms with Crippen LogP contribution in [-0.4, -0.2) is 60.4 Å². The summed E-state index contributed by atoms with van der Waals surface area (Å²) in [6, 6.07) is -0.141. The number of ether oxygens (including phenoxy) is 2. The molecule has 2 rings (SSSR count). The average Bonchev–Trinajstić information content (AvgIpc) is 3.04. The van der Waals surface area contributed by atoms with Crippen molar-refractivity contribution in [1.82, 2.24) is 4.90 Å². The van der Waals surface area contributed by atoms with Crippen LogP contribution >= 0.6 is 0 Å². The highest BCUT2D eigenvalue weighted by Gasteiger charge is 2.29. The Hall–Kier alpha value is -1.14. The van der Waals surface area contributed by atoms with Crippen LogP contribution in [0.15, 0.2) is 0 Å². The van der Waals surface area contributed by atoms with E-state index in [1.807, 2.05) is 0 Å². The topological polar surface area (TPSA) is 76.1 Å². The summed E-state index contributed by atoms with van der Waals surface area (Å²) in [4.78, 5) is 24.5. The van der Waals surface area contributed by atoms with Crippen molar-refractivity contribution < 1.29 is 24.2 Å². The fraction of sp³-hybridized carbons (Fsp3) is 0.857. The number of carboxylic acids is 1. The Balaban J connectivity index is 1.64. The zero-order valence-electron chi connectivity index (χ0n) is 11.8. The highest BCUT2D eigenvalue weighted by Crippen LogP contribution is 2.21. The van der Waals surface area contributed by atoms with Crippen LogP contribution in [0.2, 0.25) is 0 Å². The molecule has 0 spiro atoms. The first-order valence-electron chi connectivity index (χ1n) is 7.37. The van der Waals surface area contributed by atoms with Gasteiger partial charge in [0.2, 0.25) is 5.91 Å². The quantitative estimate of drug-likeness (QED) is 0.707. The number of carbonyl (C=O) groups is 2. The van der Waals surface area contributed by atoms with Gasteiger partial charge in [-0.05, 0) is 25.7 Å². The fourth-order valence-corrected chi connectivity index (χ4v) is 2.87. The third kappa shape index (κ3) is 4.45. The molecule has 2 aliphatic heterocycles. The van der Waals surface area contributed by atoms with E-state index < -0.39 is 5.97 Å². The number of nitrogens with zero attached hydrogens (tertiary/aromatic N) is 1. The molecule has 2 saturated heterocycles. The molecule has 2 heterocycles. The Morgan fingerprint density at radius 2 is 2.15 bits per heavy atom. The van der Waals surface area contributed by atoms with Gasteiger partial charge in [-0.25, -0.2) is 0 Å². The van der Waals surface area contributed by atoms with Gasteiger partial charge in [0.15, 0.2) is 0 Å². The molecule has 0 aromatic rings. The zero-order chi connectivity index (χ0) is 14.4. The summed E-state index contributed by atoms with van der Waals surface area (Å²) in [5.41, 5.74) is 0. The molecule has 0 aromatic carbocycles. The largest absolute Gasteiger partial charge is 0.481 e. The number of carbonyl (C=O) groups excluding carboxylic acids is 1. The predicted molar refractivity (Wildman–Crippen MR) is 71.4 cm³/mol. The Bertz CT molecular complexity index is 340. The summed E-state index contributed by atoms with van der Waals surface area (Å²) in [5.74, 6) is -0.842. The summed E-state index contributed by atoms with van der Waals surface area (Å²) in [5, 5.41) is 8.83. The monoisotopic (exact) mass is 285 g/mol. The van der Waals surface area contributed by atoms with E-state index in [2.05, 4.69) is 0 Å². The van der Waals surface area contributed by atoms with Gasteiger partial charge < -0.3 is 19.5 Å². The van der Waals surface area contributed by atoms with Crippen molar-refractivity contribution in [2.75, 3.05) is 26.4 Å². The van der Waals surface area contributed by atoms with Crippen molar-refractivity contribution in [2.24, 2.45) is 0 Å². The van der Waals surface area contributed by atoms with Crippen LogP contribution in [0, 0.1) is 0 Å². The first-order valence-corrected chi connectivity index (χ1v) is 7.37. The molecule has 2 unspecified atom stereocenters. The maximum Gasteiger partial charge on any atom is 0.305 e. The molecule has 1 N–H and O–H groups in total. The van der Waals surface area contributed by atoms with Crippen LogP contribution in [0.5, 0.6) is 0 Å². The molecule has 0 aromatic heterocycles. The number of likely N-dealkylation sites (tertiary alicyclic amines) is 1. The third-order valence-corrected chi connectivity index (χ3v) is 3.90. The van der Waals surface area contributed by atoms with Crippen LogP contribution in [0.4, 0.5) is 0 Å². The van der Waals surface area contributed by atoms with Gasteiger partial charge in [0.25, 0.3) is 0 Å². The number of carboxylic acid groups (broad SMARTS) is 1. The number of aliphatic carboxylic acids is 1. The van der Waals surface area contributed by atoms with Gasteiger partial charge >= 0.3 is 5.97 Å². The average molecular weight is 285 g/mol. The Kier molecular flexibility index (Phi) is 5.79. The molecule has 2 fully saturated rings. The summed E-state index contributed by atoms with van der Waals surface area (Å²) < 4.78 is 10.9. The van der Waals surface area contributed by atoms with Crippen molar-refractivity contribution >= 4 is 11.9 Å². The number of rotatable bonds is 7. The lowest BCUT2D eigenvalue weighted by molar-refractivity contribution is -0.140. The van der Waals surface area contributed by atoms with Crippen LogP contribution < -0.4 is 0 Å². The molecule has 0 aliphatic carbocycles. The summed E-state index contributed by atoms with van der Waals surface area (Å²) in [6.07, 6.45) is 4.33. The molecule has 0 bridgehead atoms. The first kappa shape index (κ1) is 15.3. The maximum absolute atomic E-state index is 12.1. The lowest BCUT2D eigenvalue weighted by atomic mass is 10.1. The van der Waals surface area contributed by atoms with Crippen molar-refractivity contribution in [1.29, 1.82) is 0 Å². The molecule has 0 radical (unpaired) electrons. The van der Waals surface area contributed by atoms with E-state index in [1.54, 1.807) is 4.90 Å². The SMILES string of the molecule is O=C(O)CC1CCCN1C(=O)CCOCC1CCCO1. The standard InChI is InChI=1S/C14H23NO5/c16-13(5-8-19-10-12-4-2-7-20-12)15-6-1-3-11(15)9-14(17)18/h11-12H,1-10H2,(H,17,18). The van der Waals surface area contributed by atoms with E-state index in [4.69, 9.17) is 14.6 Å². The van der Waals surface area contributed by atoms with Gasteiger partial charge in [0.1, 0.15) is 0 Å². The summed E-state index contributed by atoms with van der Waals surface area (Å²) in [6.45, 7) is 2.40. The van der Waals surface area contributed by atoms with E-state index in [9.17, 15) is 9.59 Å². The minimum absolute atomic E-state index is 0.00101. The Labute approximate surface area is 119 Å². The highest BCUT2D eigenvalue weighted by atomic mass is 16.5. The lowest BCUT2D eigenvalue weighted by Crippen LogP contribution is -2.37. The molecule has 0 saturated carbocycles. The Morgan fingerprint density at radius 3 is 2.85 bits per heavy atom. The molecule has 2 aliphatic rings. The van der Waals surface area contributed by atoms with E-state index >= 15 is 0 Å². The smallest absolute Gasteiger partial charge is 0.305 e. The maximum atomic E-state index is 12.1. The molecule has 20 heavy (non-hydrogen) atoms. The minimum atomic E-state index is -0.843. The zero-order valence-corrected chi connectivity index (χ0v) is 11.8. The minimum Gasteiger partial charge on any atom is -0.481 e. The van der Waals surface area contributed by atoms with Crippen molar-refractivity contribution in [2.45, 2.75) is 50.7 Å². The van der Waals surface area contributed by atoms with Gasteiger partial charge in [-0.1, -0.05) is 0 Å². The van der Waals surface area contributed by atoms with Gasteiger partial charge in [-0.2, -0.15) is 0 Å². The molecule has 1 amide bonds. The molecule has 6 nitrogen and oxygen atoms in total. The molecular formula is C14H23NO5. The summed E-state index contributed by atoms with van der Waals surface area (Å²) in [7, 11) is 0. The molecule has 2 atom stereocenters. The predicted octanol–water partition coefficient (Wildman–Crippen LogP) is 1.04. The first-order chi connectivity index (χ1) is 9.66. The van der Waals surface area contributed by atoms with Crippen molar-refractivity contribution in [3.8, 4) is 0 Å². The van der Waals surface area contributed by atoms with Crippen molar-refractivity contribution in [3.05, 3.63) is 0 Å². The van der Waals surface area contributed by atoms with Crippen LogP contribution in [-0.2, 0) is 19.1 Å². The molecular weight excluding hydrogens is 262 g/mol. The van der Waals surface area contributed by atoms with E-state index in [-0.39, 0.29) is 24.5 Å². The van der Waals surface area contributed by atoms with Crippen LogP contribution in [0.25, 0.3) is 0 Å². The van der Waals surface area contributed by atoms with Crippen LogP contribution in [0.1, 0.15) is 38.5 Å². The van der Waals surface area contributed by atoms with Gasteiger partial charge in [0, 0.05) is 19.2 Å². The molecule has 114 valence electrons. The summed E-state index contributed by atoms with van der Waals surface area (Å²) >= 11 is 0.